The zero-order valence-electron chi connectivity index (χ0n) is 12.7. The van der Waals surface area contributed by atoms with Gasteiger partial charge in [-0.3, -0.25) is 9.36 Å². The van der Waals surface area contributed by atoms with Crippen LogP contribution in [-0.4, -0.2) is 11.2 Å². The first kappa shape index (κ1) is 15.2. The van der Waals surface area contributed by atoms with Gasteiger partial charge in [-0.1, -0.05) is 53.3 Å². The molecular weight excluding hydrogens is 342 g/mol. The van der Waals surface area contributed by atoms with Gasteiger partial charge in [0, 0.05) is 10.7 Å². The molecule has 4 nitrogen and oxygen atoms in total. The van der Waals surface area contributed by atoms with E-state index in [1.165, 1.54) is 11.3 Å². The summed E-state index contributed by atoms with van der Waals surface area (Å²) in [5, 5.41) is 0.658. The van der Waals surface area contributed by atoms with E-state index >= 15 is 0 Å². The van der Waals surface area contributed by atoms with Crippen molar-refractivity contribution < 1.29 is 0 Å². The number of hydrogen-bond donors (Lipinski definition) is 0. The van der Waals surface area contributed by atoms with E-state index in [0.29, 0.717) is 22.9 Å². The van der Waals surface area contributed by atoms with Crippen LogP contribution >= 0.6 is 22.9 Å². The van der Waals surface area contributed by atoms with Crippen molar-refractivity contribution in [1.82, 2.24) is 4.57 Å². The number of benzene rings is 2. The second-order valence-corrected chi connectivity index (χ2v) is 6.94. The topological polar surface area (TPSA) is 37.6 Å². The van der Waals surface area contributed by atoms with Crippen molar-refractivity contribution in [2.45, 2.75) is 6.67 Å². The molecule has 0 N–H and O–H groups in total. The Hall–Kier alpha value is -2.37. The first-order chi connectivity index (χ1) is 11.7. The van der Waals surface area contributed by atoms with Crippen LogP contribution in [0.15, 0.2) is 64.4 Å². The van der Waals surface area contributed by atoms with Gasteiger partial charge in [0.15, 0.2) is 4.80 Å². The number of fused-ring (bicyclic) bond motifs is 1. The van der Waals surface area contributed by atoms with E-state index in [1.807, 2.05) is 60.7 Å². The molecule has 1 aliphatic rings. The van der Waals surface area contributed by atoms with Crippen LogP contribution in [0.4, 0.5) is 5.69 Å². The van der Waals surface area contributed by atoms with Gasteiger partial charge >= 0.3 is 0 Å². The molecule has 0 aliphatic carbocycles. The van der Waals surface area contributed by atoms with E-state index < -0.39 is 0 Å². The van der Waals surface area contributed by atoms with Crippen LogP contribution < -0.4 is 19.8 Å². The Morgan fingerprint density at radius 1 is 1.12 bits per heavy atom. The Morgan fingerprint density at radius 2 is 1.96 bits per heavy atom. The van der Waals surface area contributed by atoms with E-state index in [1.54, 1.807) is 4.57 Å². The Balaban J connectivity index is 1.74. The molecule has 0 atom stereocenters. The largest absolute Gasteiger partial charge is 0.334 e. The van der Waals surface area contributed by atoms with Gasteiger partial charge in [0.05, 0.1) is 4.53 Å². The lowest BCUT2D eigenvalue weighted by atomic mass is 10.2. The SMILES string of the molecule is O=c1/c(=C/c2cccc(Cl)c2)sc2n1CN(c1ccccc1)CN=2. The quantitative estimate of drug-likeness (QED) is 0.708. The molecular formula is C18H14ClN3OS. The summed E-state index contributed by atoms with van der Waals surface area (Å²) < 4.78 is 2.39. The van der Waals surface area contributed by atoms with Crippen molar-refractivity contribution in [2.75, 3.05) is 11.6 Å². The molecule has 2 aromatic carbocycles. The van der Waals surface area contributed by atoms with Gasteiger partial charge in [-0.05, 0) is 35.9 Å². The third kappa shape index (κ3) is 2.88. The van der Waals surface area contributed by atoms with Crippen molar-refractivity contribution in [3.63, 3.8) is 0 Å². The Kier molecular flexibility index (Phi) is 3.96. The molecule has 0 bridgehead atoms. The summed E-state index contributed by atoms with van der Waals surface area (Å²) in [6.45, 7) is 1.07. The fourth-order valence-electron chi connectivity index (χ4n) is 2.66. The minimum atomic E-state index is -0.0145. The van der Waals surface area contributed by atoms with Gasteiger partial charge in [0.1, 0.15) is 13.3 Å². The van der Waals surface area contributed by atoms with Crippen molar-refractivity contribution in [3.8, 4) is 0 Å². The van der Waals surface area contributed by atoms with E-state index in [4.69, 9.17) is 11.6 Å². The lowest BCUT2D eigenvalue weighted by Crippen LogP contribution is -2.42. The zero-order chi connectivity index (χ0) is 16.5. The summed E-state index contributed by atoms with van der Waals surface area (Å²) in [4.78, 5) is 20.1. The number of aromatic nitrogens is 1. The molecule has 24 heavy (non-hydrogen) atoms. The molecule has 0 radical (unpaired) electrons. The molecule has 0 saturated heterocycles. The van der Waals surface area contributed by atoms with Gasteiger partial charge in [-0.15, -0.1) is 0 Å². The normalized spacial score (nSPS) is 14.4. The highest BCUT2D eigenvalue weighted by Crippen LogP contribution is 2.14. The van der Waals surface area contributed by atoms with E-state index in [2.05, 4.69) is 9.89 Å². The summed E-state index contributed by atoms with van der Waals surface area (Å²) in [5.41, 5.74) is 1.96. The number of para-hydroxylation sites is 1. The molecule has 3 aromatic rings. The minimum absolute atomic E-state index is 0.0145. The highest BCUT2D eigenvalue weighted by molar-refractivity contribution is 7.07. The summed E-state index contributed by atoms with van der Waals surface area (Å²) in [7, 11) is 0. The van der Waals surface area contributed by atoms with Crippen LogP contribution in [0.5, 0.6) is 0 Å². The van der Waals surface area contributed by atoms with Crippen LogP contribution in [0.2, 0.25) is 5.02 Å². The summed E-state index contributed by atoms with van der Waals surface area (Å²) in [6.07, 6.45) is 1.87. The van der Waals surface area contributed by atoms with E-state index in [-0.39, 0.29) is 5.56 Å². The predicted octanol–water partition coefficient (Wildman–Crippen LogP) is 2.45. The molecule has 0 fully saturated rings. The fraction of sp³-hybridized carbons (Fsp3) is 0.111. The highest BCUT2D eigenvalue weighted by atomic mass is 35.5. The average Bonchev–Trinajstić information content (AvgIpc) is 2.91. The number of halogens is 1. The highest BCUT2D eigenvalue weighted by Gasteiger charge is 2.15. The average molecular weight is 356 g/mol. The minimum Gasteiger partial charge on any atom is -0.334 e. The lowest BCUT2D eigenvalue weighted by Gasteiger charge is -2.25. The Labute approximate surface area is 147 Å². The molecule has 120 valence electrons. The predicted molar refractivity (Wildman–Crippen MR) is 98.2 cm³/mol. The first-order valence-electron chi connectivity index (χ1n) is 7.52. The van der Waals surface area contributed by atoms with Gasteiger partial charge in [0.2, 0.25) is 0 Å². The maximum Gasteiger partial charge on any atom is 0.271 e. The van der Waals surface area contributed by atoms with Gasteiger partial charge in [-0.2, -0.15) is 0 Å². The molecule has 1 aliphatic heterocycles. The molecule has 0 spiro atoms. The molecule has 0 amide bonds. The van der Waals surface area contributed by atoms with Crippen LogP contribution in [0.25, 0.3) is 6.08 Å². The second-order valence-electron chi connectivity index (χ2n) is 5.50. The standard InChI is InChI=1S/C18H14ClN3OS/c19-14-6-4-5-13(9-14)10-16-17(23)22-12-21(11-20-18(22)24-16)15-7-2-1-3-8-15/h1-10H,11-12H2/b16-10-. The smallest absolute Gasteiger partial charge is 0.271 e. The van der Waals surface area contributed by atoms with Crippen molar-refractivity contribution >= 4 is 34.7 Å². The Morgan fingerprint density at radius 3 is 2.75 bits per heavy atom. The van der Waals surface area contributed by atoms with Crippen molar-refractivity contribution in [2.24, 2.45) is 4.99 Å². The molecule has 0 saturated carbocycles. The van der Waals surface area contributed by atoms with Gasteiger partial charge < -0.3 is 4.90 Å². The van der Waals surface area contributed by atoms with E-state index in [0.717, 1.165) is 16.1 Å². The molecule has 1 aromatic heterocycles. The molecule has 2 heterocycles. The summed E-state index contributed by atoms with van der Waals surface area (Å²) >= 11 is 7.43. The summed E-state index contributed by atoms with van der Waals surface area (Å²) in [5.74, 6) is 0. The van der Waals surface area contributed by atoms with Gasteiger partial charge in [-0.25, -0.2) is 4.99 Å². The van der Waals surface area contributed by atoms with Crippen LogP contribution in [0.1, 0.15) is 5.56 Å². The second kappa shape index (κ2) is 6.26. The van der Waals surface area contributed by atoms with Crippen LogP contribution in [0.3, 0.4) is 0 Å². The number of hydrogen-bond acceptors (Lipinski definition) is 4. The van der Waals surface area contributed by atoms with E-state index in [9.17, 15) is 4.79 Å². The van der Waals surface area contributed by atoms with Gasteiger partial charge in [0.25, 0.3) is 5.56 Å². The molecule has 6 heteroatoms. The third-order valence-corrected chi connectivity index (χ3v) is 5.12. The number of anilines is 1. The number of thiazole rings is 1. The van der Waals surface area contributed by atoms with Crippen LogP contribution in [0, 0.1) is 0 Å². The third-order valence-electron chi connectivity index (χ3n) is 3.84. The summed E-state index contributed by atoms with van der Waals surface area (Å²) in [6, 6.07) is 17.5. The fourth-order valence-corrected chi connectivity index (χ4v) is 3.82. The van der Waals surface area contributed by atoms with Crippen molar-refractivity contribution in [3.05, 3.63) is 84.9 Å². The number of rotatable bonds is 2. The first-order valence-corrected chi connectivity index (χ1v) is 8.71. The Bertz CT molecular complexity index is 1060. The lowest BCUT2D eigenvalue weighted by molar-refractivity contribution is 0.569. The number of nitrogens with zero attached hydrogens (tertiary/aromatic N) is 3. The molecule has 4 rings (SSSR count). The zero-order valence-corrected chi connectivity index (χ0v) is 14.3. The maximum atomic E-state index is 12.7. The maximum absolute atomic E-state index is 12.7. The van der Waals surface area contributed by atoms with Crippen LogP contribution in [-0.2, 0) is 6.67 Å². The van der Waals surface area contributed by atoms with Crippen molar-refractivity contribution in [1.29, 1.82) is 0 Å². The monoisotopic (exact) mass is 355 g/mol. The molecule has 0 unspecified atom stereocenters.